The Bertz CT molecular complexity index is 401. The quantitative estimate of drug-likeness (QED) is 0.754. The first kappa shape index (κ1) is 14.2. The van der Waals surface area contributed by atoms with Crippen LogP contribution in [0.4, 0.5) is 0 Å². The van der Waals surface area contributed by atoms with Gasteiger partial charge >= 0.3 is 11.9 Å². The molecule has 0 heterocycles. The lowest BCUT2D eigenvalue weighted by molar-refractivity contribution is 0.0525. The van der Waals surface area contributed by atoms with E-state index in [0.717, 1.165) is 12.0 Å². The van der Waals surface area contributed by atoms with E-state index in [9.17, 15) is 9.59 Å². The van der Waals surface area contributed by atoms with Crippen molar-refractivity contribution in [2.24, 2.45) is 0 Å². The molecule has 98 valence electrons. The van der Waals surface area contributed by atoms with E-state index in [1.807, 2.05) is 6.92 Å². The fourth-order valence-corrected chi connectivity index (χ4v) is 1.56. The van der Waals surface area contributed by atoms with E-state index in [4.69, 9.17) is 9.47 Å². The minimum atomic E-state index is -0.418. The fraction of sp³-hybridized carbons (Fsp3) is 0.429. The third-order valence-electron chi connectivity index (χ3n) is 2.42. The summed E-state index contributed by atoms with van der Waals surface area (Å²) in [5, 5.41) is 0. The van der Waals surface area contributed by atoms with Crippen LogP contribution < -0.4 is 0 Å². The minimum absolute atomic E-state index is 0.309. The van der Waals surface area contributed by atoms with Crippen molar-refractivity contribution in [2.45, 2.75) is 27.2 Å². The Morgan fingerprint density at radius 2 is 1.33 bits per heavy atom. The molecule has 0 fully saturated rings. The first-order valence-corrected chi connectivity index (χ1v) is 6.10. The van der Waals surface area contributed by atoms with Crippen LogP contribution in [-0.4, -0.2) is 25.2 Å². The van der Waals surface area contributed by atoms with Crippen molar-refractivity contribution in [3.05, 3.63) is 34.9 Å². The van der Waals surface area contributed by atoms with Crippen LogP contribution in [0.5, 0.6) is 0 Å². The van der Waals surface area contributed by atoms with Crippen molar-refractivity contribution in [1.29, 1.82) is 0 Å². The average molecular weight is 250 g/mol. The van der Waals surface area contributed by atoms with Crippen molar-refractivity contribution in [3.63, 3.8) is 0 Å². The van der Waals surface area contributed by atoms with Crippen molar-refractivity contribution in [2.75, 3.05) is 13.2 Å². The van der Waals surface area contributed by atoms with Crippen molar-refractivity contribution in [3.8, 4) is 0 Å². The SMILES string of the molecule is CCOC(=O)c1cc(CC)cc(C(=O)OCC)c1. The second-order valence-electron chi connectivity index (χ2n) is 3.71. The molecule has 0 N–H and O–H groups in total. The Labute approximate surface area is 107 Å². The number of carbonyl (C=O) groups excluding carboxylic acids is 2. The summed E-state index contributed by atoms with van der Waals surface area (Å²) in [5.41, 5.74) is 1.68. The Kier molecular flexibility index (Phi) is 5.36. The largest absolute Gasteiger partial charge is 0.462 e. The maximum atomic E-state index is 11.7. The summed E-state index contributed by atoms with van der Waals surface area (Å²) in [5.74, 6) is -0.836. The molecule has 0 aromatic heterocycles. The van der Waals surface area contributed by atoms with Crippen LogP contribution in [0.2, 0.25) is 0 Å². The van der Waals surface area contributed by atoms with E-state index in [1.54, 1.807) is 26.0 Å². The van der Waals surface area contributed by atoms with Gasteiger partial charge in [-0.2, -0.15) is 0 Å². The van der Waals surface area contributed by atoms with Gasteiger partial charge in [0.2, 0.25) is 0 Å². The van der Waals surface area contributed by atoms with E-state index in [-0.39, 0.29) is 0 Å². The van der Waals surface area contributed by atoms with Crippen molar-refractivity contribution in [1.82, 2.24) is 0 Å². The smallest absolute Gasteiger partial charge is 0.338 e. The van der Waals surface area contributed by atoms with Gasteiger partial charge < -0.3 is 9.47 Å². The fourth-order valence-electron chi connectivity index (χ4n) is 1.56. The van der Waals surface area contributed by atoms with Crippen molar-refractivity contribution >= 4 is 11.9 Å². The lowest BCUT2D eigenvalue weighted by Crippen LogP contribution is -2.10. The number of carbonyl (C=O) groups is 2. The number of ether oxygens (including phenoxy) is 2. The second kappa shape index (κ2) is 6.79. The topological polar surface area (TPSA) is 52.6 Å². The molecule has 0 unspecified atom stereocenters. The van der Waals surface area contributed by atoms with E-state index in [2.05, 4.69) is 0 Å². The lowest BCUT2D eigenvalue weighted by atomic mass is 10.0. The minimum Gasteiger partial charge on any atom is -0.462 e. The van der Waals surface area contributed by atoms with E-state index >= 15 is 0 Å². The lowest BCUT2D eigenvalue weighted by Gasteiger charge is -2.08. The van der Waals surface area contributed by atoms with Gasteiger partial charge in [0, 0.05) is 0 Å². The molecule has 4 heteroatoms. The summed E-state index contributed by atoms with van der Waals surface area (Å²) < 4.78 is 9.86. The van der Waals surface area contributed by atoms with Gasteiger partial charge in [0.25, 0.3) is 0 Å². The molecule has 0 aliphatic rings. The molecule has 0 saturated heterocycles. The van der Waals surface area contributed by atoms with Gasteiger partial charge in [-0.15, -0.1) is 0 Å². The van der Waals surface area contributed by atoms with Gasteiger partial charge in [-0.3, -0.25) is 0 Å². The molecule has 0 aliphatic heterocycles. The van der Waals surface area contributed by atoms with Gasteiger partial charge in [0.05, 0.1) is 24.3 Å². The third-order valence-corrected chi connectivity index (χ3v) is 2.42. The molecular formula is C14H18O4. The molecule has 0 spiro atoms. The van der Waals surface area contributed by atoms with E-state index in [1.165, 1.54) is 6.07 Å². The highest BCUT2D eigenvalue weighted by molar-refractivity contribution is 5.95. The monoisotopic (exact) mass is 250 g/mol. The van der Waals surface area contributed by atoms with Crippen LogP contribution in [0.15, 0.2) is 18.2 Å². The molecule has 0 saturated carbocycles. The predicted octanol–water partition coefficient (Wildman–Crippen LogP) is 2.60. The standard InChI is InChI=1S/C14H18O4/c1-4-10-7-11(13(15)17-5-2)9-12(8-10)14(16)18-6-3/h7-9H,4-6H2,1-3H3. The highest BCUT2D eigenvalue weighted by Crippen LogP contribution is 2.13. The molecule has 18 heavy (non-hydrogen) atoms. The number of rotatable bonds is 5. The van der Waals surface area contributed by atoms with Crippen LogP contribution >= 0.6 is 0 Å². The van der Waals surface area contributed by atoms with Crippen LogP contribution in [0.1, 0.15) is 47.1 Å². The first-order chi connectivity index (χ1) is 8.62. The molecule has 0 bridgehead atoms. The van der Waals surface area contributed by atoms with Gasteiger partial charge in [-0.05, 0) is 44.0 Å². The van der Waals surface area contributed by atoms with Crippen LogP contribution in [-0.2, 0) is 15.9 Å². The van der Waals surface area contributed by atoms with Gasteiger partial charge in [0.1, 0.15) is 0 Å². The summed E-state index contributed by atoms with van der Waals surface area (Å²) in [6.45, 7) is 6.06. The molecule has 0 radical (unpaired) electrons. The zero-order valence-electron chi connectivity index (χ0n) is 11.0. The molecular weight excluding hydrogens is 232 g/mol. The molecule has 4 nitrogen and oxygen atoms in total. The first-order valence-electron chi connectivity index (χ1n) is 6.10. The molecule has 0 atom stereocenters. The predicted molar refractivity (Wildman–Crippen MR) is 67.7 cm³/mol. The summed E-state index contributed by atoms with van der Waals surface area (Å²) in [6, 6.07) is 4.98. The average Bonchev–Trinajstić information content (AvgIpc) is 2.38. The Balaban J connectivity index is 3.08. The second-order valence-corrected chi connectivity index (χ2v) is 3.71. The number of aryl methyl sites for hydroxylation is 1. The third kappa shape index (κ3) is 3.58. The highest BCUT2D eigenvalue weighted by Gasteiger charge is 2.13. The maximum Gasteiger partial charge on any atom is 0.338 e. The zero-order chi connectivity index (χ0) is 13.5. The molecule has 0 aliphatic carbocycles. The molecule has 1 aromatic rings. The number of benzene rings is 1. The summed E-state index contributed by atoms with van der Waals surface area (Å²) in [6.07, 6.45) is 0.736. The van der Waals surface area contributed by atoms with Gasteiger partial charge in [-0.1, -0.05) is 6.92 Å². The van der Waals surface area contributed by atoms with Crippen LogP contribution in [0.3, 0.4) is 0 Å². The Hall–Kier alpha value is -1.84. The normalized spacial score (nSPS) is 9.94. The molecule has 1 rings (SSSR count). The Morgan fingerprint density at radius 1 is 0.889 bits per heavy atom. The van der Waals surface area contributed by atoms with Crippen molar-refractivity contribution < 1.29 is 19.1 Å². The van der Waals surface area contributed by atoms with E-state index in [0.29, 0.717) is 24.3 Å². The highest BCUT2D eigenvalue weighted by atomic mass is 16.5. The zero-order valence-corrected chi connectivity index (χ0v) is 11.0. The molecule has 1 aromatic carbocycles. The van der Waals surface area contributed by atoms with Crippen LogP contribution in [0.25, 0.3) is 0 Å². The number of hydrogen-bond donors (Lipinski definition) is 0. The number of hydrogen-bond acceptors (Lipinski definition) is 4. The van der Waals surface area contributed by atoms with E-state index < -0.39 is 11.9 Å². The summed E-state index contributed by atoms with van der Waals surface area (Å²) in [4.78, 5) is 23.3. The molecule has 0 amide bonds. The maximum absolute atomic E-state index is 11.7. The summed E-state index contributed by atoms with van der Waals surface area (Å²) >= 11 is 0. The number of esters is 2. The van der Waals surface area contributed by atoms with Gasteiger partial charge in [-0.25, -0.2) is 9.59 Å². The van der Waals surface area contributed by atoms with Gasteiger partial charge in [0.15, 0.2) is 0 Å². The summed E-state index contributed by atoms with van der Waals surface area (Å²) in [7, 11) is 0. The van der Waals surface area contributed by atoms with Crippen LogP contribution in [0, 0.1) is 0 Å². The Morgan fingerprint density at radius 3 is 1.67 bits per heavy atom.